The third-order valence-corrected chi connectivity index (χ3v) is 10.3. The number of methoxy groups -OCH3 is 1. The Morgan fingerprint density at radius 1 is 0.955 bits per heavy atom. The molecular weight excluding hydrogens is 645 g/mol. The van der Waals surface area contributed by atoms with Gasteiger partial charge in [-0.25, -0.2) is 8.42 Å². The van der Waals surface area contributed by atoms with Crippen LogP contribution in [0.1, 0.15) is 51.0 Å². The molecule has 0 aromatic heterocycles. The summed E-state index contributed by atoms with van der Waals surface area (Å²) in [4.78, 5) is 29.3. The number of hydrogen-bond acceptors (Lipinski definition) is 5. The molecule has 44 heavy (non-hydrogen) atoms. The molecule has 2 amide bonds. The van der Waals surface area contributed by atoms with Crippen molar-refractivity contribution in [3.8, 4) is 5.75 Å². The van der Waals surface area contributed by atoms with Gasteiger partial charge in [-0.15, -0.1) is 0 Å². The molecule has 1 aliphatic carbocycles. The Hall–Kier alpha value is -2.98. The Morgan fingerprint density at radius 2 is 1.64 bits per heavy atom. The lowest BCUT2D eigenvalue weighted by atomic mass is 9.95. The number of amides is 2. The molecule has 1 unspecified atom stereocenters. The summed E-state index contributed by atoms with van der Waals surface area (Å²) in [7, 11) is -2.78. The second-order valence-electron chi connectivity index (χ2n) is 10.7. The number of carbonyl (C=O) groups excluding carboxylic acids is 2. The van der Waals surface area contributed by atoms with Gasteiger partial charge in [0.1, 0.15) is 18.3 Å². The van der Waals surface area contributed by atoms with E-state index in [0.717, 1.165) is 36.4 Å². The average Bonchev–Trinajstić information content (AvgIpc) is 3.01. The minimum absolute atomic E-state index is 0.0276. The van der Waals surface area contributed by atoms with Gasteiger partial charge in [-0.2, -0.15) is 0 Å². The molecule has 0 saturated heterocycles. The highest BCUT2D eigenvalue weighted by atomic mass is 35.5. The fraction of sp³-hybridized carbons (Fsp3) is 0.375. The van der Waals surface area contributed by atoms with Crippen LogP contribution in [-0.2, 0) is 26.2 Å². The number of anilines is 1. The predicted octanol–water partition coefficient (Wildman–Crippen LogP) is 7.11. The van der Waals surface area contributed by atoms with E-state index in [1.54, 1.807) is 36.4 Å². The predicted molar refractivity (Wildman–Crippen MR) is 175 cm³/mol. The molecule has 1 fully saturated rings. The molecule has 0 spiro atoms. The second kappa shape index (κ2) is 15.3. The van der Waals surface area contributed by atoms with Gasteiger partial charge in [-0.05, 0) is 79.4 Å². The van der Waals surface area contributed by atoms with Crippen LogP contribution in [0.2, 0.25) is 15.1 Å². The van der Waals surface area contributed by atoms with Crippen LogP contribution in [0.3, 0.4) is 0 Å². The summed E-state index contributed by atoms with van der Waals surface area (Å²) in [5, 5.41) is 4.18. The maximum Gasteiger partial charge on any atom is 0.264 e. The van der Waals surface area contributed by atoms with Crippen LogP contribution < -0.4 is 14.4 Å². The van der Waals surface area contributed by atoms with Gasteiger partial charge in [0.05, 0.1) is 17.7 Å². The number of rotatable bonds is 12. The largest absolute Gasteiger partial charge is 0.497 e. The first-order chi connectivity index (χ1) is 21.0. The van der Waals surface area contributed by atoms with Gasteiger partial charge in [0.15, 0.2) is 0 Å². The highest BCUT2D eigenvalue weighted by molar-refractivity contribution is 7.92. The lowest BCUT2D eigenvalue weighted by Crippen LogP contribution is -2.54. The normalized spacial score (nSPS) is 14.5. The summed E-state index contributed by atoms with van der Waals surface area (Å²) in [6.45, 7) is 1.20. The molecule has 0 heterocycles. The van der Waals surface area contributed by atoms with Crippen molar-refractivity contribution < 1.29 is 22.7 Å². The topological polar surface area (TPSA) is 96.0 Å². The van der Waals surface area contributed by atoms with Crippen molar-refractivity contribution in [2.24, 2.45) is 0 Å². The summed E-state index contributed by atoms with van der Waals surface area (Å²) >= 11 is 18.9. The Morgan fingerprint density at radius 3 is 2.25 bits per heavy atom. The van der Waals surface area contributed by atoms with Crippen molar-refractivity contribution in [2.75, 3.05) is 18.0 Å². The number of ether oxygens (including phenoxy) is 1. The molecule has 4 rings (SSSR count). The molecule has 3 aromatic rings. The molecule has 0 bridgehead atoms. The van der Waals surface area contributed by atoms with Gasteiger partial charge in [-0.3, -0.25) is 13.9 Å². The fourth-order valence-electron chi connectivity index (χ4n) is 5.33. The summed E-state index contributed by atoms with van der Waals surface area (Å²) in [5.74, 6) is -0.390. The molecule has 1 saturated carbocycles. The minimum atomic E-state index is -4.26. The Bertz CT molecular complexity index is 1560. The number of carbonyl (C=O) groups is 2. The average molecular weight is 681 g/mol. The lowest BCUT2D eigenvalue weighted by Gasteiger charge is -2.34. The second-order valence-corrected chi connectivity index (χ2v) is 13.8. The molecule has 12 heteroatoms. The van der Waals surface area contributed by atoms with Crippen molar-refractivity contribution >= 4 is 62.3 Å². The van der Waals surface area contributed by atoms with E-state index >= 15 is 0 Å². The van der Waals surface area contributed by atoms with E-state index in [-0.39, 0.29) is 29.1 Å². The summed E-state index contributed by atoms with van der Waals surface area (Å²) < 4.78 is 34.3. The fourth-order valence-corrected chi connectivity index (χ4v) is 7.39. The first-order valence-electron chi connectivity index (χ1n) is 14.5. The third kappa shape index (κ3) is 8.38. The first-order valence-corrected chi connectivity index (χ1v) is 17.1. The van der Waals surface area contributed by atoms with E-state index in [1.807, 2.05) is 6.92 Å². The molecule has 3 aromatic carbocycles. The lowest BCUT2D eigenvalue weighted by molar-refractivity contribution is -0.140. The smallest absolute Gasteiger partial charge is 0.264 e. The van der Waals surface area contributed by atoms with Crippen LogP contribution in [-0.4, -0.2) is 50.9 Å². The van der Waals surface area contributed by atoms with E-state index in [4.69, 9.17) is 39.5 Å². The monoisotopic (exact) mass is 679 g/mol. The van der Waals surface area contributed by atoms with Crippen LogP contribution in [0, 0.1) is 0 Å². The van der Waals surface area contributed by atoms with Gasteiger partial charge < -0.3 is 15.0 Å². The standard InChI is InChI=1S/C32H36Cl3N3O5S/c1-3-30(32(40)36-25-9-5-4-6-10-25)37(20-22-12-13-24(34)19-29(22)35)31(39)21-38(26-11-7-8-23(33)18-26)44(41,42)28-16-14-27(43-2)15-17-28/h7-8,11-19,25,30H,3-6,9-10,20-21H2,1-2H3,(H,36,40). The summed E-state index contributed by atoms with van der Waals surface area (Å²) in [6, 6.07) is 16.2. The van der Waals surface area contributed by atoms with Crippen LogP contribution in [0.25, 0.3) is 0 Å². The number of nitrogens with zero attached hydrogens (tertiary/aromatic N) is 2. The minimum Gasteiger partial charge on any atom is -0.497 e. The van der Waals surface area contributed by atoms with Crippen molar-refractivity contribution in [3.63, 3.8) is 0 Å². The Kier molecular flexibility index (Phi) is 11.8. The highest BCUT2D eigenvalue weighted by Crippen LogP contribution is 2.29. The van der Waals surface area contributed by atoms with Crippen molar-refractivity contribution in [2.45, 2.75) is 69.0 Å². The number of hydrogen-bond donors (Lipinski definition) is 1. The molecule has 0 radical (unpaired) electrons. The zero-order valence-electron chi connectivity index (χ0n) is 24.6. The molecule has 1 atom stereocenters. The maximum absolute atomic E-state index is 14.3. The molecule has 1 N–H and O–H groups in total. The van der Waals surface area contributed by atoms with Crippen LogP contribution in [0.5, 0.6) is 5.75 Å². The summed E-state index contributed by atoms with van der Waals surface area (Å²) in [6.07, 6.45) is 5.25. The van der Waals surface area contributed by atoms with Gasteiger partial charge in [0.2, 0.25) is 11.8 Å². The maximum atomic E-state index is 14.3. The van der Waals surface area contributed by atoms with Crippen LogP contribution in [0.4, 0.5) is 5.69 Å². The van der Waals surface area contributed by atoms with Gasteiger partial charge >= 0.3 is 0 Å². The number of sulfonamides is 1. The number of nitrogens with one attached hydrogen (secondary N) is 1. The molecular formula is C32H36Cl3N3O5S. The van der Waals surface area contributed by atoms with Crippen molar-refractivity contribution in [1.82, 2.24) is 10.2 Å². The SMILES string of the molecule is CCC(C(=O)NC1CCCCC1)N(Cc1ccc(Cl)cc1Cl)C(=O)CN(c1cccc(Cl)c1)S(=O)(=O)c1ccc(OC)cc1. The molecule has 1 aliphatic rings. The van der Waals surface area contributed by atoms with E-state index in [0.29, 0.717) is 32.8 Å². The first kappa shape index (κ1) is 33.9. The zero-order valence-corrected chi connectivity index (χ0v) is 27.7. The third-order valence-electron chi connectivity index (χ3n) is 7.72. The summed E-state index contributed by atoms with van der Waals surface area (Å²) in [5.41, 5.74) is 0.770. The highest BCUT2D eigenvalue weighted by Gasteiger charge is 2.35. The van der Waals surface area contributed by atoms with Gasteiger partial charge in [-0.1, -0.05) is 73.1 Å². The van der Waals surface area contributed by atoms with E-state index < -0.39 is 28.5 Å². The van der Waals surface area contributed by atoms with E-state index in [1.165, 1.54) is 42.3 Å². The quantitative estimate of drug-likeness (QED) is 0.220. The van der Waals surface area contributed by atoms with Gasteiger partial charge in [0.25, 0.3) is 10.0 Å². The Labute approximate surface area is 274 Å². The van der Waals surface area contributed by atoms with Crippen LogP contribution >= 0.6 is 34.8 Å². The number of benzene rings is 3. The van der Waals surface area contributed by atoms with E-state index in [2.05, 4.69) is 5.32 Å². The number of halogens is 3. The van der Waals surface area contributed by atoms with Gasteiger partial charge in [0, 0.05) is 27.7 Å². The molecule has 236 valence electrons. The molecule has 8 nitrogen and oxygen atoms in total. The Balaban J connectivity index is 1.73. The van der Waals surface area contributed by atoms with E-state index in [9.17, 15) is 18.0 Å². The molecule has 0 aliphatic heterocycles. The van der Waals surface area contributed by atoms with Crippen molar-refractivity contribution in [3.05, 3.63) is 87.4 Å². The van der Waals surface area contributed by atoms with Crippen molar-refractivity contribution in [1.29, 1.82) is 0 Å². The zero-order chi connectivity index (χ0) is 31.9. The van der Waals surface area contributed by atoms with Crippen LogP contribution in [0.15, 0.2) is 71.6 Å².